The summed E-state index contributed by atoms with van der Waals surface area (Å²) >= 11 is 0. The SMILES string of the molecule is CCCCN(CC)C1=CCC[N]1. The molecule has 12 heavy (non-hydrogen) atoms. The van der Waals surface area contributed by atoms with Gasteiger partial charge in [-0.3, -0.25) is 5.32 Å². The minimum atomic E-state index is 0.998. The standard InChI is InChI=1S/C10H19N2/c1-3-5-9-12(4-2)10-7-6-8-11-10/h7H,3-6,8-9H2,1-2H3. The van der Waals surface area contributed by atoms with E-state index in [-0.39, 0.29) is 0 Å². The van der Waals surface area contributed by atoms with Crippen molar-refractivity contribution in [2.45, 2.75) is 33.1 Å². The zero-order valence-corrected chi connectivity index (χ0v) is 8.21. The van der Waals surface area contributed by atoms with E-state index in [1.807, 2.05) is 0 Å². The summed E-state index contributed by atoms with van der Waals surface area (Å²) < 4.78 is 0. The highest BCUT2D eigenvalue weighted by Gasteiger charge is 2.11. The van der Waals surface area contributed by atoms with Crippen LogP contribution in [-0.4, -0.2) is 24.5 Å². The number of hydrogen-bond acceptors (Lipinski definition) is 1. The third kappa shape index (κ3) is 2.43. The Kier molecular flexibility index (Phi) is 3.98. The Morgan fingerprint density at radius 3 is 2.83 bits per heavy atom. The van der Waals surface area contributed by atoms with Gasteiger partial charge in [0.25, 0.3) is 0 Å². The summed E-state index contributed by atoms with van der Waals surface area (Å²) in [5.41, 5.74) is 0. The lowest BCUT2D eigenvalue weighted by molar-refractivity contribution is 0.335. The van der Waals surface area contributed by atoms with Crippen LogP contribution in [0.5, 0.6) is 0 Å². The van der Waals surface area contributed by atoms with E-state index in [4.69, 9.17) is 0 Å². The Labute approximate surface area is 75.6 Å². The topological polar surface area (TPSA) is 17.3 Å². The van der Waals surface area contributed by atoms with Gasteiger partial charge in [0.1, 0.15) is 5.82 Å². The molecule has 0 aromatic heterocycles. The third-order valence-electron chi connectivity index (χ3n) is 2.22. The summed E-state index contributed by atoms with van der Waals surface area (Å²) in [5.74, 6) is 1.23. The first-order valence-corrected chi connectivity index (χ1v) is 5.01. The molecule has 2 heteroatoms. The van der Waals surface area contributed by atoms with E-state index in [2.05, 4.69) is 30.1 Å². The van der Waals surface area contributed by atoms with Gasteiger partial charge >= 0.3 is 0 Å². The van der Waals surface area contributed by atoms with Crippen molar-refractivity contribution in [3.05, 3.63) is 11.9 Å². The lowest BCUT2D eigenvalue weighted by Crippen LogP contribution is -2.27. The Morgan fingerprint density at radius 1 is 1.50 bits per heavy atom. The van der Waals surface area contributed by atoms with Gasteiger partial charge in [-0.15, -0.1) is 0 Å². The zero-order valence-electron chi connectivity index (χ0n) is 8.21. The second-order valence-corrected chi connectivity index (χ2v) is 3.17. The maximum absolute atomic E-state index is 4.45. The van der Waals surface area contributed by atoms with Crippen LogP contribution >= 0.6 is 0 Å². The number of hydrogen-bond donors (Lipinski definition) is 0. The lowest BCUT2D eigenvalue weighted by atomic mass is 10.3. The first-order chi connectivity index (χ1) is 5.88. The Hall–Kier alpha value is -0.660. The molecule has 0 aliphatic carbocycles. The molecule has 0 amide bonds. The van der Waals surface area contributed by atoms with Crippen LogP contribution in [0.3, 0.4) is 0 Å². The van der Waals surface area contributed by atoms with Gasteiger partial charge in [0, 0.05) is 19.6 Å². The van der Waals surface area contributed by atoms with Crippen LogP contribution < -0.4 is 5.32 Å². The molecule has 1 rings (SSSR count). The van der Waals surface area contributed by atoms with Crippen LogP contribution in [0.15, 0.2) is 11.9 Å². The summed E-state index contributed by atoms with van der Waals surface area (Å²) in [5, 5.41) is 4.45. The fraction of sp³-hybridized carbons (Fsp3) is 0.800. The summed E-state index contributed by atoms with van der Waals surface area (Å²) in [6.45, 7) is 7.69. The molecule has 0 saturated carbocycles. The number of unbranched alkanes of at least 4 members (excludes halogenated alkanes) is 1. The van der Waals surface area contributed by atoms with Crippen LogP contribution in [0.1, 0.15) is 33.1 Å². The quantitative estimate of drug-likeness (QED) is 0.612. The van der Waals surface area contributed by atoms with Gasteiger partial charge in [0.05, 0.1) is 0 Å². The first-order valence-electron chi connectivity index (χ1n) is 5.01. The van der Waals surface area contributed by atoms with E-state index in [0.29, 0.717) is 0 Å². The normalized spacial score (nSPS) is 15.7. The van der Waals surface area contributed by atoms with Crippen LogP contribution in [0.2, 0.25) is 0 Å². The van der Waals surface area contributed by atoms with Gasteiger partial charge < -0.3 is 4.90 Å². The highest BCUT2D eigenvalue weighted by atomic mass is 15.2. The predicted molar refractivity (Wildman–Crippen MR) is 51.9 cm³/mol. The van der Waals surface area contributed by atoms with Gasteiger partial charge in [-0.25, -0.2) is 0 Å². The second kappa shape index (κ2) is 5.07. The van der Waals surface area contributed by atoms with Gasteiger partial charge in [0.2, 0.25) is 0 Å². The van der Waals surface area contributed by atoms with Gasteiger partial charge in [-0.2, -0.15) is 0 Å². The largest absolute Gasteiger partial charge is 0.357 e. The fourth-order valence-electron chi connectivity index (χ4n) is 1.45. The molecular weight excluding hydrogens is 148 g/mol. The predicted octanol–water partition coefficient (Wildman–Crippen LogP) is 1.96. The van der Waals surface area contributed by atoms with Crippen molar-refractivity contribution >= 4 is 0 Å². The molecule has 1 aliphatic rings. The number of rotatable bonds is 5. The minimum Gasteiger partial charge on any atom is -0.357 e. The smallest absolute Gasteiger partial charge is 0.119 e. The van der Waals surface area contributed by atoms with Crippen molar-refractivity contribution in [3.63, 3.8) is 0 Å². The molecular formula is C10H19N2. The van der Waals surface area contributed by atoms with Crippen LogP contribution in [0.25, 0.3) is 0 Å². The maximum atomic E-state index is 4.45. The average Bonchev–Trinajstić information content (AvgIpc) is 2.59. The summed E-state index contributed by atoms with van der Waals surface area (Å²) in [4.78, 5) is 2.37. The lowest BCUT2D eigenvalue weighted by Gasteiger charge is -2.22. The minimum absolute atomic E-state index is 0.998. The Balaban J connectivity index is 2.33. The van der Waals surface area contributed by atoms with Crippen LogP contribution in [-0.2, 0) is 0 Å². The molecule has 0 N–H and O–H groups in total. The van der Waals surface area contributed by atoms with E-state index in [1.165, 1.54) is 25.2 Å². The van der Waals surface area contributed by atoms with Crippen LogP contribution in [0, 0.1) is 0 Å². The van der Waals surface area contributed by atoms with Gasteiger partial charge in [0.15, 0.2) is 0 Å². The number of nitrogens with zero attached hydrogens (tertiary/aromatic N) is 2. The summed E-state index contributed by atoms with van der Waals surface area (Å²) in [6.07, 6.45) is 5.93. The molecule has 1 aliphatic heterocycles. The van der Waals surface area contributed by atoms with Crippen molar-refractivity contribution in [1.82, 2.24) is 10.2 Å². The maximum Gasteiger partial charge on any atom is 0.119 e. The Morgan fingerprint density at radius 2 is 2.33 bits per heavy atom. The second-order valence-electron chi connectivity index (χ2n) is 3.17. The third-order valence-corrected chi connectivity index (χ3v) is 2.22. The van der Waals surface area contributed by atoms with E-state index in [9.17, 15) is 0 Å². The van der Waals surface area contributed by atoms with Crippen molar-refractivity contribution in [1.29, 1.82) is 0 Å². The molecule has 2 nitrogen and oxygen atoms in total. The van der Waals surface area contributed by atoms with Crippen LogP contribution in [0.4, 0.5) is 0 Å². The molecule has 0 atom stereocenters. The van der Waals surface area contributed by atoms with E-state index in [0.717, 1.165) is 19.5 Å². The van der Waals surface area contributed by atoms with Crippen molar-refractivity contribution in [3.8, 4) is 0 Å². The fourth-order valence-corrected chi connectivity index (χ4v) is 1.45. The molecule has 69 valence electrons. The van der Waals surface area contributed by atoms with E-state index in [1.54, 1.807) is 0 Å². The van der Waals surface area contributed by atoms with Gasteiger partial charge in [-0.1, -0.05) is 13.3 Å². The molecule has 0 saturated heterocycles. The summed E-state index contributed by atoms with van der Waals surface area (Å²) in [7, 11) is 0. The first kappa shape index (κ1) is 9.43. The van der Waals surface area contributed by atoms with E-state index >= 15 is 0 Å². The monoisotopic (exact) mass is 167 g/mol. The average molecular weight is 167 g/mol. The zero-order chi connectivity index (χ0) is 8.81. The summed E-state index contributed by atoms with van der Waals surface area (Å²) in [6, 6.07) is 0. The Bertz CT molecular complexity index is 152. The molecule has 0 aromatic rings. The van der Waals surface area contributed by atoms with Crippen molar-refractivity contribution < 1.29 is 0 Å². The molecule has 1 radical (unpaired) electrons. The van der Waals surface area contributed by atoms with Crippen molar-refractivity contribution in [2.75, 3.05) is 19.6 Å². The molecule has 0 unspecified atom stereocenters. The van der Waals surface area contributed by atoms with E-state index < -0.39 is 0 Å². The molecule has 1 heterocycles. The molecule has 0 bridgehead atoms. The van der Waals surface area contributed by atoms with Gasteiger partial charge in [-0.05, 0) is 25.8 Å². The molecule has 0 spiro atoms. The highest BCUT2D eigenvalue weighted by molar-refractivity contribution is 5.04. The molecule has 0 fully saturated rings. The van der Waals surface area contributed by atoms with Crippen molar-refractivity contribution in [2.24, 2.45) is 0 Å². The molecule has 0 aromatic carbocycles. The highest BCUT2D eigenvalue weighted by Crippen LogP contribution is 2.10.